The Kier molecular flexibility index (Phi) is 7.49. The van der Waals surface area contributed by atoms with E-state index in [1.807, 2.05) is 0 Å². The largest absolute Gasteiger partial charge is 0.465 e. The summed E-state index contributed by atoms with van der Waals surface area (Å²) in [6.45, 7) is 0. The van der Waals surface area contributed by atoms with E-state index >= 15 is 0 Å². The predicted molar refractivity (Wildman–Crippen MR) is 124 cm³/mol. The van der Waals surface area contributed by atoms with Crippen LogP contribution >= 0.6 is 34.5 Å². The van der Waals surface area contributed by atoms with E-state index in [1.54, 1.807) is 23.6 Å². The van der Waals surface area contributed by atoms with E-state index in [4.69, 9.17) is 32.7 Å². The van der Waals surface area contributed by atoms with Gasteiger partial charge >= 0.3 is 11.9 Å². The number of rotatable bonds is 6. The van der Waals surface area contributed by atoms with Gasteiger partial charge in [-0.3, -0.25) is 0 Å². The lowest BCUT2D eigenvalue weighted by Crippen LogP contribution is -2.07. The second kappa shape index (κ2) is 10.3. The van der Waals surface area contributed by atoms with Crippen LogP contribution in [0.25, 0.3) is 16.8 Å². The van der Waals surface area contributed by atoms with Crippen molar-refractivity contribution in [3.8, 4) is 17.3 Å². The Morgan fingerprint density at radius 2 is 1.72 bits per heavy atom. The number of ether oxygens (including phenoxy) is 2. The summed E-state index contributed by atoms with van der Waals surface area (Å²) >= 11 is 13.3. The first-order chi connectivity index (χ1) is 15.4. The molecule has 32 heavy (non-hydrogen) atoms. The summed E-state index contributed by atoms with van der Waals surface area (Å²) < 4.78 is 9.45. The van der Waals surface area contributed by atoms with Crippen LogP contribution in [0.5, 0.6) is 0 Å². The first kappa shape index (κ1) is 23.3. The Bertz CT molecular complexity index is 1230. The molecule has 0 atom stereocenters. The maximum atomic E-state index is 11.9. The molecule has 0 aliphatic rings. The van der Waals surface area contributed by atoms with Gasteiger partial charge < -0.3 is 14.8 Å². The van der Waals surface area contributed by atoms with Crippen LogP contribution in [-0.2, 0) is 9.47 Å². The zero-order valence-corrected chi connectivity index (χ0v) is 19.1. The van der Waals surface area contributed by atoms with E-state index in [-0.39, 0.29) is 16.7 Å². The smallest absolute Gasteiger partial charge is 0.337 e. The van der Waals surface area contributed by atoms with Gasteiger partial charge in [0.15, 0.2) is 0 Å². The zero-order chi connectivity index (χ0) is 23.3. The molecule has 0 bridgehead atoms. The Morgan fingerprint density at radius 3 is 2.28 bits per heavy atom. The fraction of sp³-hybridized carbons (Fsp3) is 0.0909. The molecule has 0 saturated heterocycles. The summed E-state index contributed by atoms with van der Waals surface area (Å²) in [4.78, 5) is 28.4. The highest BCUT2D eigenvalue weighted by molar-refractivity contribution is 7.11. The van der Waals surface area contributed by atoms with E-state index in [2.05, 4.69) is 16.4 Å². The third-order valence-corrected chi connectivity index (χ3v) is 5.84. The van der Waals surface area contributed by atoms with Crippen molar-refractivity contribution in [3.05, 3.63) is 74.2 Å². The molecular formula is C22H15Cl2N3O4S. The quantitative estimate of drug-likeness (QED) is 0.353. The van der Waals surface area contributed by atoms with E-state index in [9.17, 15) is 14.9 Å². The molecule has 3 aromatic rings. The highest BCUT2D eigenvalue weighted by atomic mass is 35.5. The minimum Gasteiger partial charge on any atom is -0.465 e. The topological polar surface area (TPSA) is 101 Å². The fourth-order valence-electron chi connectivity index (χ4n) is 2.67. The van der Waals surface area contributed by atoms with Gasteiger partial charge in [-0.25, -0.2) is 14.6 Å². The number of allylic oxidation sites excluding steroid dienone is 1. The monoisotopic (exact) mass is 487 g/mol. The number of halogens is 2. The first-order valence-corrected chi connectivity index (χ1v) is 10.6. The molecule has 0 amide bonds. The van der Waals surface area contributed by atoms with Crippen molar-refractivity contribution < 1.29 is 19.1 Å². The molecular weight excluding hydrogens is 473 g/mol. The average molecular weight is 488 g/mol. The van der Waals surface area contributed by atoms with E-state index in [0.717, 1.165) is 5.56 Å². The van der Waals surface area contributed by atoms with Crippen molar-refractivity contribution in [2.45, 2.75) is 0 Å². The predicted octanol–water partition coefficient (Wildman–Crippen LogP) is 5.67. The molecule has 0 saturated carbocycles. The molecule has 0 aliphatic heterocycles. The van der Waals surface area contributed by atoms with Gasteiger partial charge in [-0.1, -0.05) is 29.3 Å². The van der Waals surface area contributed by atoms with Crippen LogP contribution in [0.1, 0.15) is 25.7 Å². The van der Waals surface area contributed by atoms with E-state index < -0.39 is 11.9 Å². The number of anilines is 1. The molecule has 0 radical (unpaired) electrons. The molecule has 7 nitrogen and oxygen atoms in total. The van der Waals surface area contributed by atoms with Crippen molar-refractivity contribution in [1.29, 1.82) is 5.26 Å². The van der Waals surface area contributed by atoms with Crippen LogP contribution in [0.2, 0.25) is 10.0 Å². The molecule has 1 aromatic heterocycles. The zero-order valence-electron chi connectivity index (χ0n) is 16.8. The fourth-order valence-corrected chi connectivity index (χ4v) is 3.76. The van der Waals surface area contributed by atoms with E-state index in [0.29, 0.717) is 26.4 Å². The van der Waals surface area contributed by atoms with Gasteiger partial charge in [0.1, 0.15) is 16.6 Å². The number of carbonyl (C=O) groups excluding carboxylic acids is 2. The number of hydrogen-bond donors (Lipinski definition) is 1. The summed E-state index contributed by atoms with van der Waals surface area (Å²) in [5.74, 6) is -1.23. The van der Waals surface area contributed by atoms with Crippen molar-refractivity contribution in [3.63, 3.8) is 0 Å². The minimum atomic E-state index is -0.616. The number of benzene rings is 2. The number of methoxy groups -OCH3 is 2. The maximum Gasteiger partial charge on any atom is 0.337 e. The molecule has 1 N–H and O–H groups in total. The van der Waals surface area contributed by atoms with Crippen LogP contribution in [0, 0.1) is 11.3 Å². The van der Waals surface area contributed by atoms with Crippen molar-refractivity contribution in [2.75, 3.05) is 19.5 Å². The number of aromatic nitrogens is 1. The van der Waals surface area contributed by atoms with Crippen LogP contribution < -0.4 is 5.32 Å². The highest BCUT2D eigenvalue weighted by Crippen LogP contribution is 2.31. The highest BCUT2D eigenvalue weighted by Gasteiger charge is 2.14. The van der Waals surface area contributed by atoms with Crippen molar-refractivity contribution >= 4 is 57.7 Å². The van der Waals surface area contributed by atoms with Gasteiger partial charge in [-0.2, -0.15) is 5.26 Å². The molecule has 1 heterocycles. The molecule has 0 spiro atoms. The summed E-state index contributed by atoms with van der Waals surface area (Å²) in [6.07, 6.45) is 1.44. The Labute approximate surface area is 197 Å². The number of nitrogens with zero attached hydrogens (tertiary/aromatic N) is 2. The maximum absolute atomic E-state index is 11.9. The second-order valence-corrected chi connectivity index (χ2v) is 7.94. The van der Waals surface area contributed by atoms with Gasteiger partial charge in [0.25, 0.3) is 0 Å². The molecule has 0 unspecified atom stereocenters. The van der Waals surface area contributed by atoms with Gasteiger partial charge in [0.05, 0.1) is 41.1 Å². The molecule has 0 fully saturated rings. The number of thiazole rings is 1. The number of esters is 2. The minimum absolute atomic E-state index is 0.154. The van der Waals surface area contributed by atoms with Gasteiger partial charge in [-0.15, -0.1) is 11.3 Å². The lowest BCUT2D eigenvalue weighted by molar-refractivity contribution is 0.0599. The third-order valence-electron chi connectivity index (χ3n) is 4.23. The molecule has 2 aromatic carbocycles. The molecule has 162 valence electrons. The molecule has 10 heteroatoms. The summed E-state index contributed by atoms with van der Waals surface area (Å²) in [6, 6.07) is 11.6. The Hall–Kier alpha value is -3.38. The number of nitriles is 1. The SMILES string of the molecule is COC(=O)c1cc(NC=C(C#N)c2nc(-c3ccc(Cl)c(Cl)c3)cs2)cc(C(=O)OC)c1. The summed E-state index contributed by atoms with van der Waals surface area (Å²) in [5, 5.41) is 15.6. The molecule has 3 rings (SSSR count). The van der Waals surface area contributed by atoms with Crippen molar-refractivity contribution in [1.82, 2.24) is 4.98 Å². The van der Waals surface area contributed by atoms with Crippen LogP contribution in [0.3, 0.4) is 0 Å². The van der Waals surface area contributed by atoms with Crippen LogP contribution in [0.15, 0.2) is 48.0 Å². The van der Waals surface area contributed by atoms with Crippen LogP contribution in [-0.4, -0.2) is 31.1 Å². The van der Waals surface area contributed by atoms with Crippen molar-refractivity contribution in [2.24, 2.45) is 0 Å². The lowest BCUT2D eigenvalue weighted by Gasteiger charge is -2.08. The van der Waals surface area contributed by atoms with Gasteiger partial charge in [0.2, 0.25) is 0 Å². The Morgan fingerprint density at radius 1 is 1.06 bits per heavy atom. The number of hydrogen-bond acceptors (Lipinski definition) is 8. The summed E-state index contributed by atoms with van der Waals surface area (Å²) in [5.41, 5.74) is 2.36. The second-order valence-electron chi connectivity index (χ2n) is 6.26. The average Bonchev–Trinajstić information content (AvgIpc) is 3.30. The Balaban J connectivity index is 1.90. The van der Waals surface area contributed by atoms with Gasteiger partial charge in [0, 0.05) is 22.8 Å². The van der Waals surface area contributed by atoms with E-state index in [1.165, 1.54) is 50.0 Å². The lowest BCUT2D eigenvalue weighted by atomic mass is 10.1. The van der Waals surface area contributed by atoms with Crippen LogP contribution in [0.4, 0.5) is 5.69 Å². The summed E-state index contributed by atoms with van der Waals surface area (Å²) in [7, 11) is 2.48. The first-order valence-electron chi connectivity index (χ1n) is 8.96. The number of nitrogens with one attached hydrogen (secondary N) is 1. The molecule has 0 aliphatic carbocycles. The normalized spacial score (nSPS) is 10.9. The van der Waals surface area contributed by atoms with Gasteiger partial charge in [-0.05, 0) is 30.3 Å². The third kappa shape index (κ3) is 5.26. The standard InChI is InChI=1S/C22H15Cl2N3O4S/c1-30-21(28)13-5-14(22(29)31-2)7-16(6-13)26-10-15(9-25)20-27-19(11-32-20)12-3-4-17(23)18(24)8-12/h3-8,10-11,26H,1-2H3. The number of carbonyl (C=O) groups is 2.